The Kier molecular flexibility index (Phi) is 30.3. The third-order valence-electron chi connectivity index (χ3n) is 7.51. The summed E-state index contributed by atoms with van der Waals surface area (Å²) in [6.07, 6.45) is 33.3. The molecule has 0 unspecified atom stereocenters. The molecule has 0 aliphatic carbocycles. The van der Waals surface area contributed by atoms with E-state index in [0.29, 0.717) is 12.8 Å². The fraction of sp³-hybridized carbons (Fsp3) is 0.939. The van der Waals surface area contributed by atoms with Gasteiger partial charge in [0.15, 0.2) is 0 Å². The van der Waals surface area contributed by atoms with Crippen molar-refractivity contribution in [2.24, 2.45) is 0 Å². The first kappa shape index (κ1) is 35.9. The number of hydrogen-bond acceptors (Lipinski definition) is 2. The highest BCUT2D eigenvalue weighted by Crippen LogP contribution is 2.13. The summed E-state index contributed by atoms with van der Waals surface area (Å²) in [7, 11) is 0. The SMILES string of the molecule is CCCCCCCCCCCCCC(=O)NCCCCCNC(=O)CCCCCCCCCCCCC. The average Bonchev–Trinajstić information content (AvgIpc) is 2.89. The lowest BCUT2D eigenvalue weighted by molar-refractivity contribution is -0.121. The summed E-state index contributed by atoms with van der Waals surface area (Å²) in [4.78, 5) is 23.9. The number of amides is 2. The normalized spacial score (nSPS) is 11.1. The van der Waals surface area contributed by atoms with Gasteiger partial charge in [0.05, 0.1) is 0 Å². The van der Waals surface area contributed by atoms with Gasteiger partial charge < -0.3 is 10.6 Å². The molecule has 0 saturated carbocycles. The van der Waals surface area contributed by atoms with E-state index >= 15 is 0 Å². The number of carbonyl (C=O) groups excluding carboxylic acids is 2. The van der Waals surface area contributed by atoms with Gasteiger partial charge in [0.25, 0.3) is 0 Å². The zero-order valence-corrected chi connectivity index (χ0v) is 25.3. The van der Waals surface area contributed by atoms with Gasteiger partial charge in [0, 0.05) is 25.9 Å². The van der Waals surface area contributed by atoms with Crippen LogP contribution in [0.1, 0.15) is 187 Å². The van der Waals surface area contributed by atoms with Crippen molar-refractivity contribution in [2.45, 2.75) is 187 Å². The smallest absolute Gasteiger partial charge is 0.219 e. The summed E-state index contributed by atoms with van der Waals surface area (Å²) >= 11 is 0. The van der Waals surface area contributed by atoms with Crippen LogP contribution in [-0.4, -0.2) is 24.9 Å². The Balaban J connectivity index is 3.26. The Morgan fingerprint density at radius 2 is 0.595 bits per heavy atom. The lowest BCUT2D eigenvalue weighted by Gasteiger charge is -2.07. The van der Waals surface area contributed by atoms with Gasteiger partial charge in [-0.2, -0.15) is 0 Å². The van der Waals surface area contributed by atoms with E-state index in [2.05, 4.69) is 24.5 Å². The van der Waals surface area contributed by atoms with Crippen molar-refractivity contribution >= 4 is 11.8 Å². The molecule has 0 radical (unpaired) electrons. The molecule has 0 saturated heterocycles. The largest absolute Gasteiger partial charge is 0.356 e. The molecule has 0 aliphatic rings. The van der Waals surface area contributed by atoms with E-state index in [1.54, 1.807) is 0 Å². The van der Waals surface area contributed by atoms with Crippen molar-refractivity contribution < 1.29 is 9.59 Å². The van der Waals surface area contributed by atoms with Crippen LogP contribution in [0.3, 0.4) is 0 Å². The highest BCUT2D eigenvalue weighted by Gasteiger charge is 2.02. The van der Waals surface area contributed by atoms with E-state index in [1.807, 2.05) is 0 Å². The van der Waals surface area contributed by atoms with Crippen molar-refractivity contribution in [3.63, 3.8) is 0 Å². The van der Waals surface area contributed by atoms with Gasteiger partial charge in [-0.1, -0.05) is 142 Å². The summed E-state index contributed by atoms with van der Waals surface area (Å²) in [5.41, 5.74) is 0. The molecule has 220 valence electrons. The van der Waals surface area contributed by atoms with Crippen molar-refractivity contribution in [3.05, 3.63) is 0 Å². The summed E-state index contributed by atoms with van der Waals surface area (Å²) < 4.78 is 0. The van der Waals surface area contributed by atoms with Gasteiger partial charge in [-0.15, -0.1) is 0 Å². The Bertz CT molecular complexity index is 439. The highest BCUT2D eigenvalue weighted by molar-refractivity contribution is 5.76. The van der Waals surface area contributed by atoms with Gasteiger partial charge in [-0.25, -0.2) is 0 Å². The molecule has 37 heavy (non-hydrogen) atoms. The van der Waals surface area contributed by atoms with Crippen LogP contribution in [0.25, 0.3) is 0 Å². The maximum atomic E-state index is 12.0. The molecule has 2 amide bonds. The second-order valence-corrected chi connectivity index (χ2v) is 11.3. The highest BCUT2D eigenvalue weighted by atomic mass is 16.2. The van der Waals surface area contributed by atoms with E-state index in [1.165, 1.54) is 128 Å². The van der Waals surface area contributed by atoms with Crippen molar-refractivity contribution in [2.75, 3.05) is 13.1 Å². The number of carbonyl (C=O) groups is 2. The van der Waals surface area contributed by atoms with Crippen LogP contribution in [0.4, 0.5) is 0 Å². The molecule has 0 heterocycles. The standard InChI is InChI=1S/C33H66N2O2/c1-3-5-7-9-11-13-15-17-19-21-24-28-32(36)34-30-26-23-27-31-35-33(37)29-25-22-20-18-16-14-12-10-8-6-4-2/h3-31H2,1-2H3,(H,34,36)(H,35,37). The lowest BCUT2D eigenvalue weighted by Crippen LogP contribution is -2.25. The van der Waals surface area contributed by atoms with E-state index < -0.39 is 0 Å². The van der Waals surface area contributed by atoms with Crippen LogP contribution < -0.4 is 10.6 Å². The quantitative estimate of drug-likeness (QED) is 0.0922. The monoisotopic (exact) mass is 523 g/mol. The lowest BCUT2D eigenvalue weighted by atomic mass is 10.1. The molecule has 4 heteroatoms. The second kappa shape index (κ2) is 31.2. The Morgan fingerprint density at radius 1 is 0.351 bits per heavy atom. The topological polar surface area (TPSA) is 58.2 Å². The first-order valence-electron chi connectivity index (χ1n) is 16.7. The van der Waals surface area contributed by atoms with Gasteiger partial charge >= 0.3 is 0 Å². The third kappa shape index (κ3) is 31.1. The average molecular weight is 523 g/mol. The maximum Gasteiger partial charge on any atom is 0.219 e. The predicted molar refractivity (Wildman–Crippen MR) is 162 cm³/mol. The summed E-state index contributed by atoms with van der Waals surface area (Å²) in [6, 6.07) is 0. The van der Waals surface area contributed by atoms with E-state index in [-0.39, 0.29) is 11.8 Å². The van der Waals surface area contributed by atoms with Crippen molar-refractivity contribution in [1.82, 2.24) is 10.6 Å². The number of nitrogens with one attached hydrogen (secondary N) is 2. The molecule has 0 spiro atoms. The maximum absolute atomic E-state index is 12.0. The first-order valence-corrected chi connectivity index (χ1v) is 16.7. The summed E-state index contributed by atoms with van der Waals surface area (Å²) in [5.74, 6) is 0.410. The molecule has 0 aromatic carbocycles. The van der Waals surface area contributed by atoms with Crippen LogP contribution in [-0.2, 0) is 9.59 Å². The molecule has 0 bridgehead atoms. The molecule has 4 nitrogen and oxygen atoms in total. The molecule has 0 fully saturated rings. The number of rotatable bonds is 30. The van der Waals surface area contributed by atoms with E-state index in [0.717, 1.165) is 45.2 Å². The van der Waals surface area contributed by atoms with E-state index in [9.17, 15) is 9.59 Å². The molecular formula is C33H66N2O2. The third-order valence-corrected chi connectivity index (χ3v) is 7.51. The molecule has 0 aromatic heterocycles. The number of unbranched alkanes of at least 4 members (excludes halogenated alkanes) is 22. The van der Waals surface area contributed by atoms with Crippen molar-refractivity contribution in [1.29, 1.82) is 0 Å². The molecule has 0 rings (SSSR count). The Hall–Kier alpha value is -1.06. The molecule has 0 atom stereocenters. The summed E-state index contributed by atoms with van der Waals surface area (Å²) in [6.45, 7) is 6.07. The fourth-order valence-corrected chi connectivity index (χ4v) is 4.96. The minimum absolute atomic E-state index is 0.205. The predicted octanol–water partition coefficient (Wildman–Crippen LogP) is 9.79. The van der Waals surface area contributed by atoms with Crippen LogP contribution in [0, 0.1) is 0 Å². The van der Waals surface area contributed by atoms with Crippen molar-refractivity contribution in [3.8, 4) is 0 Å². The summed E-state index contributed by atoms with van der Waals surface area (Å²) in [5, 5.41) is 6.11. The molecule has 0 aliphatic heterocycles. The van der Waals surface area contributed by atoms with Gasteiger partial charge in [0.2, 0.25) is 11.8 Å². The zero-order valence-electron chi connectivity index (χ0n) is 25.3. The minimum Gasteiger partial charge on any atom is -0.356 e. The van der Waals surface area contributed by atoms with E-state index in [4.69, 9.17) is 0 Å². The van der Waals surface area contributed by atoms with Gasteiger partial charge in [0.1, 0.15) is 0 Å². The zero-order chi connectivity index (χ0) is 27.1. The fourth-order valence-electron chi connectivity index (χ4n) is 4.96. The molecular weight excluding hydrogens is 456 g/mol. The Morgan fingerprint density at radius 3 is 0.892 bits per heavy atom. The minimum atomic E-state index is 0.205. The number of hydrogen-bond donors (Lipinski definition) is 2. The van der Waals surface area contributed by atoms with Crippen LogP contribution in [0.5, 0.6) is 0 Å². The van der Waals surface area contributed by atoms with Crippen LogP contribution in [0.2, 0.25) is 0 Å². The first-order chi connectivity index (χ1) is 18.2. The van der Waals surface area contributed by atoms with Crippen LogP contribution >= 0.6 is 0 Å². The van der Waals surface area contributed by atoms with Gasteiger partial charge in [-0.3, -0.25) is 9.59 Å². The Labute approximate surface area is 232 Å². The van der Waals surface area contributed by atoms with Gasteiger partial charge in [-0.05, 0) is 32.1 Å². The molecule has 2 N–H and O–H groups in total. The molecule has 0 aromatic rings. The van der Waals surface area contributed by atoms with Crippen LogP contribution in [0.15, 0.2) is 0 Å². The second-order valence-electron chi connectivity index (χ2n) is 11.3.